The predicted octanol–water partition coefficient (Wildman–Crippen LogP) is 1.02. The molecule has 3 rings (SSSR count). The van der Waals surface area contributed by atoms with Crippen molar-refractivity contribution < 1.29 is 19.2 Å². The molecular weight excluding hydrogens is 306 g/mol. The number of amides is 1. The lowest BCUT2D eigenvalue weighted by atomic mass is 10.1. The first-order valence-corrected chi connectivity index (χ1v) is 8.46. The van der Waals surface area contributed by atoms with Crippen LogP contribution >= 0.6 is 0 Å². The molecule has 1 aromatic heterocycles. The molecule has 128 valence electrons. The second kappa shape index (κ2) is 7.05. The monoisotopic (exact) mass is 330 g/mol. The van der Waals surface area contributed by atoms with Crippen LogP contribution in [0.2, 0.25) is 0 Å². The number of Topliss-reactive ketones (excluding diaryl/α,β-unsaturated/α-hetero) is 1. The van der Waals surface area contributed by atoms with Gasteiger partial charge in [0.25, 0.3) is 0 Å². The van der Waals surface area contributed by atoms with Gasteiger partial charge in [-0.1, -0.05) is 18.2 Å². The van der Waals surface area contributed by atoms with E-state index >= 15 is 0 Å². The number of aromatic nitrogens is 1. The highest BCUT2D eigenvalue weighted by Crippen LogP contribution is 2.21. The molecule has 1 amide bonds. The first-order chi connectivity index (χ1) is 11.6. The molecule has 1 fully saturated rings. The van der Waals surface area contributed by atoms with Crippen molar-refractivity contribution in [3.05, 3.63) is 35.5 Å². The van der Waals surface area contributed by atoms with Gasteiger partial charge < -0.3 is 14.6 Å². The fraction of sp³-hybridized carbons (Fsp3) is 0.444. The van der Waals surface area contributed by atoms with E-state index in [1.165, 1.54) is 4.90 Å². The second-order valence-electron chi connectivity index (χ2n) is 6.21. The Morgan fingerprint density at radius 3 is 2.67 bits per heavy atom. The Hall–Kier alpha value is -2.34. The number of piperazine rings is 1. The molecule has 0 saturated carbocycles. The minimum Gasteiger partial charge on any atom is -0.450 e. The molecule has 1 aliphatic heterocycles. The van der Waals surface area contributed by atoms with Crippen molar-refractivity contribution in [1.82, 2.24) is 9.88 Å². The normalized spacial score (nSPS) is 15.7. The van der Waals surface area contributed by atoms with E-state index in [2.05, 4.69) is 4.98 Å². The van der Waals surface area contributed by atoms with E-state index in [0.717, 1.165) is 35.2 Å². The minimum atomic E-state index is -0.254. The van der Waals surface area contributed by atoms with Crippen LogP contribution in [0.15, 0.2) is 24.3 Å². The van der Waals surface area contributed by atoms with Crippen LogP contribution in [0.1, 0.15) is 23.0 Å². The number of rotatable bonds is 4. The molecule has 0 atom stereocenters. The molecule has 2 N–H and O–H groups in total. The number of ether oxygens (including phenoxy) is 1. The van der Waals surface area contributed by atoms with Gasteiger partial charge in [0, 0.05) is 16.6 Å². The van der Waals surface area contributed by atoms with Gasteiger partial charge in [0.05, 0.1) is 38.3 Å². The van der Waals surface area contributed by atoms with E-state index in [4.69, 9.17) is 4.74 Å². The van der Waals surface area contributed by atoms with Crippen LogP contribution in [0.5, 0.6) is 0 Å². The zero-order valence-corrected chi connectivity index (χ0v) is 14.2. The van der Waals surface area contributed by atoms with Crippen LogP contribution in [0.3, 0.4) is 0 Å². The number of benzene rings is 1. The van der Waals surface area contributed by atoms with Crippen molar-refractivity contribution >= 4 is 22.8 Å². The summed E-state index contributed by atoms with van der Waals surface area (Å²) in [6, 6.07) is 7.90. The Kier molecular flexibility index (Phi) is 4.85. The number of para-hydroxylation sites is 1. The first kappa shape index (κ1) is 16.5. The molecule has 0 unspecified atom stereocenters. The van der Waals surface area contributed by atoms with Crippen molar-refractivity contribution in [2.75, 3.05) is 39.3 Å². The number of hydrogen-bond acceptors (Lipinski definition) is 3. The van der Waals surface area contributed by atoms with Crippen LogP contribution in [0, 0.1) is 6.92 Å². The van der Waals surface area contributed by atoms with Gasteiger partial charge in [0.15, 0.2) is 0 Å². The maximum absolute atomic E-state index is 12.8. The van der Waals surface area contributed by atoms with Gasteiger partial charge in [-0.05, 0) is 19.9 Å². The molecule has 0 spiro atoms. The molecule has 6 nitrogen and oxygen atoms in total. The van der Waals surface area contributed by atoms with Crippen molar-refractivity contribution in [2.24, 2.45) is 0 Å². The molecule has 0 radical (unpaired) electrons. The molecule has 24 heavy (non-hydrogen) atoms. The molecule has 2 aromatic rings. The standard InChI is InChI=1S/C18H23N3O3/c1-3-24-18(23)21-10-8-20(9-11-21)12-16(22)17-13(2)19-15-7-5-4-6-14(15)17/h4-7,19H,3,8-12H2,1-2H3/p+1. The first-order valence-electron chi connectivity index (χ1n) is 8.46. The number of aryl methyl sites for hydroxylation is 1. The summed E-state index contributed by atoms with van der Waals surface area (Å²) in [4.78, 5) is 30.7. The smallest absolute Gasteiger partial charge is 0.410 e. The average molecular weight is 330 g/mol. The molecule has 1 aliphatic rings. The Morgan fingerprint density at radius 2 is 1.96 bits per heavy atom. The van der Waals surface area contributed by atoms with Gasteiger partial charge in [-0.25, -0.2) is 4.79 Å². The maximum Gasteiger partial charge on any atom is 0.410 e. The summed E-state index contributed by atoms with van der Waals surface area (Å²) in [6.07, 6.45) is -0.254. The van der Waals surface area contributed by atoms with Crippen molar-refractivity contribution in [1.29, 1.82) is 0 Å². The molecule has 1 aromatic carbocycles. The highest BCUT2D eigenvalue weighted by molar-refractivity contribution is 6.09. The number of hydrogen-bond donors (Lipinski definition) is 2. The predicted molar refractivity (Wildman–Crippen MR) is 91.5 cm³/mol. The third-order valence-corrected chi connectivity index (χ3v) is 4.58. The number of nitrogens with one attached hydrogen (secondary N) is 2. The Balaban J connectivity index is 1.64. The maximum atomic E-state index is 12.8. The average Bonchev–Trinajstić information content (AvgIpc) is 2.91. The summed E-state index contributed by atoms with van der Waals surface area (Å²) in [6.45, 7) is 7.41. The molecule has 0 aliphatic carbocycles. The van der Waals surface area contributed by atoms with Crippen LogP contribution in [0.4, 0.5) is 4.79 Å². The fourth-order valence-electron chi connectivity index (χ4n) is 3.35. The number of carbonyl (C=O) groups excluding carboxylic acids is 2. The summed E-state index contributed by atoms with van der Waals surface area (Å²) in [5, 5.41) is 0.990. The fourth-order valence-corrected chi connectivity index (χ4v) is 3.35. The SMILES string of the molecule is CCOC(=O)N1CC[NH+](CC(=O)c2c(C)[nH]c3ccccc23)CC1. The summed E-state index contributed by atoms with van der Waals surface area (Å²) in [5.74, 6) is 0.157. The topological polar surface area (TPSA) is 66.8 Å². The lowest BCUT2D eigenvalue weighted by Gasteiger charge is -2.31. The Morgan fingerprint density at radius 1 is 1.25 bits per heavy atom. The molecule has 2 heterocycles. The van der Waals surface area contributed by atoms with Crippen LogP contribution in [-0.2, 0) is 4.74 Å². The molecule has 0 bridgehead atoms. The van der Waals surface area contributed by atoms with Gasteiger partial charge in [-0.2, -0.15) is 0 Å². The van der Waals surface area contributed by atoms with Gasteiger partial charge in [-0.3, -0.25) is 9.69 Å². The summed E-state index contributed by atoms with van der Waals surface area (Å²) in [5.41, 5.74) is 2.72. The lowest BCUT2D eigenvalue weighted by molar-refractivity contribution is -0.895. The zero-order valence-electron chi connectivity index (χ0n) is 14.2. The van der Waals surface area contributed by atoms with E-state index in [0.29, 0.717) is 26.2 Å². The van der Waals surface area contributed by atoms with Gasteiger partial charge in [-0.15, -0.1) is 0 Å². The van der Waals surface area contributed by atoms with Crippen molar-refractivity contribution in [3.8, 4) is 0 Å². The van der Waals surface area contributed by atoms with E-state index < -0.39 is 0 Å². The van der Waals surface area contributed by atoms with Crippen LogP contribution in [0.25, 0.3) is 10.9 Å². The number of aromatic amines is 1. The summed E-state index contributed by atoms with van der Waals surface area (Å²) >= 11 is 0. The van der Waals surface area contributed by atoms with Crippen LogP contribution in [-0.4, -0.2) is 61.1 Å². The van der Waals surface area contributed by atoms with Crippen LogP contribution < -0.4 is 4.90 Å². The van der Waals surface area contributed by atoms with E-state index in [9.17, 15) is 9.59 Å². The number of carbonyl (C=O) groups is 2. The quantitative estimate of drug-likeness (QED) is 0.823. The number of nitrogens with zero attached hydrogens (tertiary/aromatic N) is 1. The van der Waals surface area contributed by atoms with E-state index in [1.807, 2.05) is 38.1 Å². The number of ketones is 1. The molecule has 1 saturated heterocycles. The number of H-pyrrole nitrogens is 1. The Bertz CT molecular complexity index is 745. The third-order valence-electron chi connectivity index (χ3n) is 4.58. The summed E-state index contributed by atoms with van der Waals surface area (Å²) < 4.78 is 5.03. The summed E-state index contributed by atoms with van der Waals surface area (Å²) in [7, 11) is 0. The van der Waals surface area contributed by atoms with E-state index in [-0.39, 0.29) is 11.9 Å². The zero-order chi connectivity index (χ0) is 17.1. The molecular formula is C18H24N3O3+. The molecule has 6 heteroatoms. The largest absolute Gasteiger partial charge is 0.450 e. The second-order valence-corrected chi connectivity index (χ2v) is 6.21. The third kappa shape index (κ3) is 3.28. The van der Waals surface area contributed by atoms with E-state index in [1.54, 1.807) is 4.90 Å². The van der Waals surface area contributed by atoms with Crippen molar-refractivity contribution in [3.63, 3.8) is 0 Å². The minimum absolute atomic E-state index is 0.157. The Labute approximate surface area is 141 Å². The van der Waals surface area contributed by atoms with Gasteiger partial charge in [0.2, 0.25) is 5.78 Å². The number of fused-ring (bicyclic) bond motifs is 1. The van der Waals surface area contributed by atoms with Gasteiger partial charge >= 0.3 is 6.09 Å². The van der Waals surface area contributed by atoms with Gasteiger partial charge in [0.1, 0.15) is 6.54 Å². The van der Waals surface area contributed by atoms with Crippen molar-refractivity contribution in [2.45, 2.75) is 13.8 Å². The number of quaternary nitrogens is 1. The highest BCUT2D eigenvalue weighted by Gasteiger charge is 2.27. The highest BCUT2D eigenvalue weighted by atomic mass is 16.6. The lowest BCUT2D eigenvalue weighted by Crippen LogP contribution is -3.15.